The van der Waals surface area contributed by atoms with Gasteiger partial charge in [0, 0.05) is 25.0 Å². The lowest BCUT2D eigenvalue weighted by atomic mass is 9.90. The van der Waals surface area contributed by atoms with E-state index in [0.717, 1.165) is 43.6 Å². The highest BCUT2D eigenvalue weighted by Gasteiger charge is 2.20. The van der Waals surface area contributed by atoms with E-state index in [1.807, 2.05) is 30.3 Å². The van der Waals surface area contributed by atoms with Crippen LogP contribution in [0.25, 0.3) is 0 Å². The van der Waals surface area contributed by atoms with Gasteiger partial charge in [0.25, 0.3) is 5.91 Å². The Morgan fingerprint density at radius 2 is 1.79 bits per heavy atom. The SMILES string of the molecule is CC(C)c1ccccc1NC(=O)/C(C#N)=C\N1CCC(Cc2ccccc2)CC1. The highest BCUT2D eigenvalue weighted by Crippen LogP contribution is 2.25. The van der Waals surface area contributed by atoms with Crippen LogP contribution in [0, 0.1) is 17.2 Å². The third kappa shape index (κ3) is 5.71. The molecule has 29 heavy (non-hydrogen) atoms. The Morgan fingerprint density at radius 1 is 1.14 bits per heavy atom. The summed E-state index contributed by atoms with van der Waals surface area (Å²) in [5.74, 6) is 0.607. The van der Waals surface area contributed by atoms with Gasteiger partial charge in [0.15, 0.2) is 0 Å². The van der Waals surface area contributed by atoms with Gasteiger partial charge in [-0.2, -0.15) is 5.26 Å². The molecule has 0 aromatic heterocycles. The fraction of sp³-hybridized carbons (Fsp3) is 0.360. The van der Waals surface area contributed by atoms with E-state index in [1.165, 1.54) is 5.56 Å². The van der Waals surface area contributed by atoms with Crippen molar-refractivity contribution in [3.8, 4) is 6.07 Å². The van der Waals surface area contributed by atoms with Gasteiger partial charge in [-0.3, -0.25) is 4.79 Å². The standard InChI is InChI=1S/C25H29N3O/c1-19(2)23-10-6-7-11-24(23)27-25(29)22(17-26)18-28-14-12-21(13-15-28)16-20-8-4-3-5-9-20/h3-11,18-19,21H,12-16H2,1-2H3,(H,27,29)/b22-18-. The molecule has 0 aliphatic carbocycles. The molecule has 2 aromatic rings. The van der Waals surface area contributed by atoms with Crippen LogP contribution in [0.5, 0.6) is 0 Å². The maximum absolute atomic E-state index is 12.7. The number of anilines is 1. The van der Waals surface area contributed by atoms with Crippen LogP contribution in [-0.2, 0) is 11.2 Å². The highest BCUT2D eigenvalue weighted by molar-refractivity contribution is 6.06. The Labute approximate surface area is 173 Å². The van der Waals surface area contributed by atoms with Gasteiger partial charge in [0.2, 0.25) is 0 Å². The molecule has 0 saturated carbocycles. The van der Waals surface area contributed by atoms with E-state index in [0.29, 0.717) is 11.8 Å². The number of benzene rings is 2. The molecule has 1 aliphatic rings. The molecule has 150 valence electrons. The van der Waals surface area contributed by atoms with Gasteiger partial charge >= 0.3 is 0 Å². The molecule has 0 spiro atoms. The average molecular weight is 388 g/mol. The van der Waals surface area contributed by atoms with Crippen molar-refractivity contribution >= 4 is 11.6 Å². The van der Waals surface area contributed by atoms with Gasteiger partial charge in [0.1, 0.15) is 11.6 Å². The molecule has 4 heteroatoms. The van der Waals surface area contributed by atoms with Crippen molar-refractivity contribution in [2.75, 3.05) is 18.4 Å². The summed E-state index contributed by atoms with van der Waals surface area (Å²) in [4.78, 5) is 14.8. The first kappa shape index (κ1) is 20.7. The third-order valence-electron chi connectivity index (χ3n) is 5.52. The van der Waals surface area contributed by atoms with E-state index in [1.54, 1.807) is 6.20 Å². The van der Waals surface area contributed by atoms with Crippen LogP contribution in [0.3, 0.4) is 0 Å². The second-order valence-electron chi connectivity index (χ2n) is 8.02. The summed E-state index contributed by atoms with van der Waals surface area (Å²) in [6.07, 6.45) is 4.96. The quantitative estimate of drug-likeness (QED) is 0.553. The zero-order valence-electron chi connectivity index (χ0n) is 17.3. The minimum atomic E-state index is -0.341. The van der Waals surface area contributed by atoms with Crippen molar-refractivity contribution in [1.82, 2.24) is 4.90 Å². The maximum Gasteiger partial charge on any atom is 0.267 e. The summed E-state index contributed by atoms with van der Waals surface area (Å²) < 4.78 is 0. The number of nitrogens with one attached hydrogen (secondary N) is 1. The number of hydrogen-bond acceptors (Lipinski definition) is 3. The molecule has 1 saturated heterocycles. The first-order chi connectivity index (χ1) is 14.1. The molecule has 1 N–H and O–H groups in total. The minimum absolute atomic E-state index is 0.157. The maximum atomic E-state index is 12.7. The average Bonchev–Trinajstić information content (AvgIpc) is 2.74. The van der Waals surface area contributed by atoms with Crippen LogP contribution in [0.15, 0.2) is 66.4 Å². The van der Waals surface area contributed by atoms with Crippen molar-refractivity contribution in [3.05, 3.63) is 77.5 Å². The summed E-state index contributed by atoms with van der Waals surface area (Å²) in [5.41, 5.74) is 3.38. The van der Waals surface area contributed by atoms with Gasteiger partial charge in [-0.25, -0.2) is 0 Å². The largest absolute Gasteiger partial charge is 0.376 e. The molecule has 0 atom stereocenters. The summed E-state index contributed by atoms with van der Waals surface area (Å²) in [6.45, 7) is 5.92. The van der Waals surface area contributed by atoms with Crippen LogP contribution in [0.2, 0.25) is 0 Å². The van der Waals surface area contributed by atoms with Crippen LogP contribution < -0.4 is 5.32 Å². The number of amides is 1. The van der Waals surface area contributed by atoms with E-state index in [4.69, 9.17) is 0 Å². The number of rotatable bonds is 6. The fourth-order valence-electron chi connectivity index (χ4n) is 3.86. The minimum Gasteiger partial charge on any atom is -0.376 e. The Morgan fingerprint density at radius 3 is 2.45 bits per heavy atom. The molecular formula is C25H29N3O. The lowest BCUT2D eigenvalue weighted by Crippen LogP contribution is -2.31. The third-order valence-corrected chi connectivity index (χ3v) is 5.52. The number of likely N-dealkylation sites (tertiary alicyclic amines) is 1. The molecule has 2 aromatic carbocycles. The van der Waals surface area contributed by atoms with E-state index < -0.39 is 0 Å². The summed E-state index contributed by atoms with van der Waals surface area (Å²) >= 11 is 0. The highest BCUT2D eigenvalue weighted by atomic mass is 16.1. The summed E-state index contributed by atoms with van der Waals surface area (Å²) in [6, 6.07) is 20.4. The Kier molecular flexibility index (Phi) is 7.08. The molecule has 0 bridgehead atoms. The van der Waals surface area contributed by atoms with Crippen LogP contribution in [0.4, 0.5) is 5.69 Å². The van der Waals surface area contributed by atoms with Crippen molar-refractivity contribution < 1.29 is 4.79 Å². The fourth-order valence-corrected chi connectivity index (χ4v) is 3.86. The zero-order valence-corrected chi connectivity index (χ0v) is 17.3. The molecule has 1 heterocycles. The number of piperidine rings is 1. The molecule has 1 fully saturated rings. The predicted molar refractivity (Wildman–Crippen MR) is 117 cm³/mol. The molecule has 0 radical (unpaired) electrons. The normalized spacial score (nSPS) is 15.2. The van der Waals surface area contributed by atoms with Gasteiger partial charge in [0.05, 0.1) is 0 Å². The van der Waals surface area contributed by atoms with Crippen LogP contribution in [-0.4, -0.2) is 23.9 Å². The van der Waals surface area contributed by atoms with Crippen LogP contribution >= 0.6 is 0 Å². The van der Waals surface area contributed by atoms with E-state index in [9.17, 15) is 10.1 Å². The van der Waals surface area contributed by atoms with Gasteiger partial charge in [-0.15, -0.1) is 0 Å². The van der Waals surface area contributed by atoms with Gasteiger partial charge in [-0.1, -0.05) is 62.4 Å². The van der Waals surface area contributed by atoms with E-state index in [2.05, 4.69) is 54.4 Å². The number of hydrogen-bond donors (Lipinski definition) is 1. The first-order valence-corrected chi connectivity index (χ1v) is 10.4. The Bertz CT molecular complexity index is 888. The van der Waals surface area contributed by atoms with E-state index in [-0.39, 0.29) is 11.5 Å². The molecule has 1 amide bonds. The lowest BCUT2D eigenvalue weighted by molar-refractivity contribution is -0.112. The Hall–Kier alpha value is -3.06. The number of para-hydroxylation sites is 1. The zero-order chi connectivity index (χ0) is 20.6. The molecule has 4 nitrogen and oxygen atoms in total. The number of carbonyl (C=O) groups is 1. The first-order valence-electron chi connectivity index (χ1n) is 10.4. The number of nitrogens with zero attached hydrogens (tertiary/aromatic N) is 2. The van der Waals surface area contributed by atoms with Crippen molar-refractivity contribution in [2.24, 2.45) is 5.92 Å². The second kappa shape index (κ2) is 9.93. The smallest absolute Gasteiger partial charge is 0.267 e. The molecule has 0 unspecified atom stereocenters. The van der Waals surface area contributed by atoms with Crippen LogP contribution in [0.1, 0.15) is 43.7 Å². The number of carbonyl (C=O) groups excluding carboxylic acids is 1. The van der Waals surface area contributed by atoms with Gasteiger partial charge in [-0.05, 0) is 48.3 Å². The molecule has 3 rings (SSSR count). The lowest BCUT2D eigenvalue weighted by Gasteiger charge is -2.31. The summed E-state index contributed by atoms with van der Waals surface area (Å²) in [5, 5.41) is 12.4. The van der Waals surface area contributed by atoms with Crippen molar-refractivity contribution in [2.45, 2.75) is 39.0 Å². The molecule has 1 aliphatic heterocycles. The topological polar surface area (TPSA) is 56.1 Å². The monoisotopic (exact) mass is 387 g/mol. The van der Waals surface area contributed by atoms with Crippen molar-refractivity contribution in [1.29, 1.82) is 5.26 Å². The van der Waals surface area contributed by atoms with E-state index >= 15 is 0 Å². The second-order valence-corrected chi connectivity index (χ2v) is 8.02. The van der Waals surface area contributed by atoms with Crippen molar-refractivity contribution in [3.63, 3.8) is 0 Å². The number of nitriles is 1. The molecular weight excluding hydrogens is 358 g/mol. The van der Waals surface area contributed by atoms with Gasteiger partial charge < -0.3 is 10.2 Å². The summed E-state index contributed by atoms with van der Waals surface area (Å²) in [7, 11) is 0. The Balaban J connectivity index is 1.59. The predicted octanol–water partition coefficient (Wildman–Crippen LogP) is 5.11.